The molecule has 1 amide bonds. The number of nitrogen functional groups attached to an aromatic ring is 1. The molecule has 0 unspecified atom stereocenters. The van der Waals surface area contributed by atoms with Gasteiger partial charge in [-0.3, -0.25) is 4.79 Å². The summed E-state index contributed by atoms with van der Waals surface area (Å²) in [7, 11) is 0. The van der Waals surface area contributed by atoms with Gasteiger partial charge in [0.2, 0.25) is 0 Å². The van der Waals surface area contributed by atoms with Crippen LogP contribution in [0, 0.1) is 6.92 Å². The number of hydrogen-bond donors (Lipinski definition) is 2. The minimum Gasteiger partial charge on any atom is -0.382 e. The third-order valence-electron chi connectivity index (χ3n) is 2.29. The van der Waals surface area contributed by atoms with E-state index in [1.54, 1.807) is 12.1 Å². The van der Waals surface area contributed by atoms with E-state index >= 15 is 0 Å². The van der Waals surface area contributed by atoms with Crippen molar-refractivity contribution in [3.8, 4) is 0 Å². The molecular weight excluding hydrogens is 252 g/mol. The third kappa shape index (κ3) is 2.75. The van der Waals surface area contributed by atoms with Gasteiger partial charge >= 0.3 is 0 Å². The molecular formula is C12H11ClN4O. The Morgan fingerprint density at radius 2 is 2.06 bits per heavy atom. The summed E-state index contributed by atoms with van der Waals surface area (Å²) in [6.45, 7) is 1.92. The first-order chi connectivity index (χ1) is 8.56. The Kier molecular flexibility index (Phi) is 3.43. The van der Waals surface area contributed by atoms with E-state index in [2.05, 4.69) is 15.5 Å². The van der Waals surface area contributed by atoms with Gasteiger partial charge in [-0.1, -0.05) is 17.7 Å². The Bertz CT molecular complexity index is 583. The molecule has 0 aliphatic rings. The molecule has 2 rings (SSSR count). The quantitative estimate of drug-likeness (QED) is 0.870. The van der Waals surface area contributed by atoms with E-state index in [-0.39, 0.29) is 17.4 Å². The van der Waals surface area contributed by atoms with Gasteiger partial charge in [-0.05, 0) is 36.8 Å². The summed E-state index contributed by atoms with van der Waals surface area (Å²) in [4.78, 5) is 11.8. The highest BCUT2D eigenvalue weighted by atomic mass is 35.5. The molecule has 5 nitrogen and oxygen atoms in total. The highest BCUT2D eigenvalue weighted by Crippen LogP contribution is 2.23. The summed E-state index contributed by atoms with van der Waals surface area (Å²) in [6.07, 6.45) is 0. The van der Waals surface area contributed by atoms with Gasteiger partial charge in [0.1, 0.15) is 5.82 Å². The number of benzene rings is 1. The number of carbonyl (C=O) groups is 1. The first-order valence-electron chi connectivity index (χ1n) is 5.23. The number of carbonyl (C=O) groups excluding carboxylic acids is 1. The van der Waals surface area contributed by atoms with Crippen molar-refractivity contribution in [1.82, 2.24) is 10.2 Å². The monoisotopic (exact) mass is 262 g/mol. The summed E-state index contributed by atoms with van der Waals surface area (Å²) in [5.41, 5.74) is 7.13. The number of rotatable bonds is 2. The fourth-order valence-corrected chi connectivity index (χ4v) is 1.65. The van der Waals surface area contributed by atoms with Crippen LogP contribution in [-0.2, 0) is 0 Å². The SMILES string of the molecule is Cc1ccc(NC(=O)c2ccc(N)nn2)c(Cl)c1. The van der Waals surface area contributed by atoms with Crippen LogP contribution in [-0.4, -0.2) is 16.1 Å². The Labute approximate surface area is 109 Å². The average Bonchev–Trinajstić information content (AvgIpc) is 2.33. The molecule has 1 aromatic heterocycles. The second kappa shape index (κ2) is 5.01. The average molecular weight is 263 g/mol. The molecule has 0 atom stereocenters. The van der Waals surface area contributed by atoms with E-state index in [1.807, 2.05) is 13.0 Å². The summed E-state index contributed by atoms with van der Waals surface area (Å²) in [5, 5.41) is 10.4. The number of nitrogens with two attached hydrogens (primary N) is 1. The fraction of sp³-hybridized carbons (Fsp3) is 0.0833. The zero-order chi connectivity index (χ0) is 13.1. The van der Waals surface area contributed by atoms with Crippen molar-refractivity contribution in [2.24, 2.45) is 0 Å². The second-order valence-electron chi connectivity index (χ2n) is 3.78. The summed E-state index contributed by atoms with van der Waals surface area (Å²) >= 11 is 6.02. The minimum atomic E-state index is -0.381. The molecule has 2 aromatic rings. The molecule has 0 aliphatic carbocycles. The van der Waals surface area contributed by atoms with E-state index in [0.717, 1.165) is 5.56 Å². The zero-order valence-corrected chi connectivity index (χ0v) is 10.4. The lowest BCUT2D eigenvalue weighted by Crippen LogP contribution is -2.14. The number of aryl methyl sites for hydroxylation is 1. The molecule has 0 bridgehead atoms. The molecule has 1 aromatic carbocycles. The van der Waals surface area contributed by atoms with E-state index in [4.69, 9.17) is 17.3 Å². The first-order valence-corrected chi connectivity index (χ1v) is 5.61. The fourth-order valence-electron chi connectivity index (χ4n) is 1.37. The molecule has 18 heavy (non-hydrogen) atoms. The maximum Gasteiger partial charge on any atom is 0.276 e. The van der Waals surface area contributed by atoms with Crippen LogP contribution >= 0.6 is 11.6 Å². The van der Waals surface area contributed by atoms with Crippen LogP contribution in [0.15, 0.2) is 30.3 Å². The molecule has 0 radical (unpaired) electrons. The van der Waals surface area contributed by atoms with Gasteiger partial charge in [0, 0.05) is 0 Å². The third-order valence-corrected chi connectivity index (χ3v) is 2.60. The maximum atomic E-state index is 11.8. The Morgan fingerprint density at radius 3 is 2.67 bits per heavy atom. The van der Waals surface area contributed by atoms with Crippen LogP contribution in [0.1, 0.15) is 16.1 Å². The van der Waals surface area contributed by atoms with Gasteiger partial charge < -0.3 is 11.1 Å². The van der Waals surface area contributed by atoms with Crippen molar-refractivity contribution in [2.45, 2.75) is 6.92 Å². The van der Waals surface area contributed by atoms with Crippen LogP contribution < -0.4 is 11.1 Å². The van der Waals surface area contributed by atoms with E-state index in [1.165, 1.54) is 12.1 Å². The standard InChI is InChI=1S/C12H11ClN4O/c1-7-2-3-9(8(13)6-7)15-12(18)10-4-5-11(14)17-16-10/h2-6H,1H3,(H2,14,17)(H,15,18). The van der Waals surface area contributed by atoms with Gasteiger partial charge in [0.15, 0.2) is 5.69 Å². The summed E-state index contributed by atoms with van der Waals surface area (Å²) in [5.74, 6) is -0.117. The van der Waals surface area contributed by atoms with Crippen molar-refractivity contribution >= 4 is 29.0 Å². The van der Waals surface area contributed by atoms with Crippen molar-refractivity contribution < 1.29 is 4.79 Å². The largest absolute Gasteiger partial charge is 0.382 e. The Balaban J connectivity index is 2.18. The molecule has 0 saturated carbocycles. The number of aromatic nitrogens is 2. The number of halogens is 1. The van der Waals surface area contributed by atoms with Crippen molar-refractivity contribution in [2.75, 3.05) is 11.1 Å². The summed E-state index contributed by atoms with van der Waals surface area (Å²) in [6, 6.07) is 8.38. The molecule has 3 N–H and O–H groups in total. The van der Waals surface area contributed by atoms with Gasteiger partial charge in [0.05, 0.1) is 10.7 Å². The van der Waals surface area contributed by atoms with Gasteiger partial charge in [-0.15, -0.1) is 10.2 Å². The predicted molar refractivity (Wildman–Crippen MR) is 70.6 cm³/mol. The van der Waals surface area contributed by atoms with E-state index in [9.17, 15) is 4.79 Å². The molecule has 6 heteroatoms. The number of nitrogens with one attached hydrogen (secondary N) is 1. The molecule has 0 aliphatic heterocycles. The van der Waals surface area contributed by atoms with Crippen LogP contribution in [0.5, 0.6) is 0 Å². The van der Waals surface area contributed by atoms with Gasteiger partial charge in [-0.2, -0.15) is 0 Å². The molecule has 0 fully saturated rings. The number of nitrogens with zero attached hydrogens (tertiary/aromatic N) is 2. The Hall–Kier alpha value is -2.14. The smallest absolute Gasteiger partial charge is 0.276 e. The van der Waals surface area contributed by atoms with Crippen LogP contribution in [0.2, 0.25) is 5.02 Å². The van der Waals surface area contributed by atoms with Gasteiger partial charge in [0.25, 0.3) is 5.91 Å². The minimum absolute atomic E-state index is 0.181. The topological polar surface area (TPSA) is 80.9 Å². The lowest BCUT2D eigenvalue weighted by atomic mass is 10.2. The normalized spacial score (nSPS) is 10.1. The van der Waals surface area contributed by atoms with Crippen molar-refractivity contribution in [3.05, 3.63) is 46.6 Å². The van der Waals surface area contributed by atoms with E-state index < -0.39 is 0 Å². The predicted octanol–water partition coefficient (Wildman–Crippen LogP) is 2.27. The summed E-state index contributed by atoms with van der Waals surface area (Å²) < 4.78 is 0. The highest BCUT2D eigenvalue weighted by Gasteiger charge is 2.10. The van der Waals surface area contributed by atoms with Crippen LogP contribution in [0.4, 0.5) is 11.5 Å². The molecule has 0 saturated heterocycles. The Morgan fingerprint density at radius 1 is 1.28 bits per heavy atom. The molecule has 92 valence electrons. The zero-order valence-electron chi connectivity index (χ0n) is 9.64. The lowest BCUT2D eigenvalue weighted by Gasteiger charge is -2.07. The van der Waals surface area contributed by atoms with Crippen molar-refractivity contribution in [3.63, 3.8) is 0 Å². The number of hydrogen-bond acceptors (Lipinski definition) is 4. The van der Waals surface area contributed by atoms with Crippen molar-refractivity contribution in [1.29, 1.82) is 0 Å². The van der Waals surface area contributed by atoms with Gasteiger partial charge in [-0.25, -0.2) is 0 Å². The van der Waals surface area contributed by atoms with Crippen LogP contribution in [0.3, 0.4) is 0 Å². The van der Waals surface area contributed by atoms with E-state index in [0.29, 0.717) is 10.7 Å². The number of anilines is 2. The maximum absolute atomic E-state index is 11.8. The molecule has 0 spiro atoms. The highest BCUT2D eigenvalue weighted by molar-refractivity contribution is 6.34. The second-order valence-corrected chi connectivity index (χ2v) is 4.19. The lowest BCUT2D eigenvalue weighted by molar-refractivity contribution is 0.102. The number of amides is 1. The van der Waals surface area contributed by atoms with Crippen LogP contribution in [0.25, 0.3) is 0 Å². The first kappa shape index (κ1) is 12.3. The molecule has 1 heterocycles.